The van der Waals surface area contributed by atoms with Crippen molar-refractivity contribution in [3.05, 3.63) is 66.1 Å². The number of ether oxygens (including phenoxy) is 1. The number of aromatic nitrogens is 3. The molecule has 10 heteroatoms. The second kappa shape index (κ2) is 10.8. The maximum Gasteiger partial charge on any atom is 0.407 e. The minimum absolute atomic E-state index is 0.0955. The lowest BCUT2D eigenvalue weighted by atomic mass is 10.2. The number of hydrogen-bond donors (Lipinski definition) is 2. The van der Waals surface area contributed by atoms with E-state index in [1.807, 2.05) is 51.2 Å². The molecule has 9 nitrogen and oxygen atoms in total. The van der Waals surface area contributed by atoms with Gasteiger partial charge in [-0.3, -0.25) is 9.25 Å². The van der Waals surface area contributed by atoms with Crippen molar-refractivity contribution in [1.29, 1.82) is 0 Å². The minimum atomic E-state index is -3.89. The zero-order valence-corrected chi connectivity index (χ0v) is 24.0. The first-order chi connectivity index (χ1) is 18.4. The first-order valence-corrected chi connectivity index (χ1v) is 14.6. The van der Waals surface area contributed by atoms with Gasteiger partial charge < -0.3 is 15.2 Å². The molecule has 0 unspecified atom stereocenters. The Balaban J connectivity index is 1.64. The third-order valence-corrected chi connectivity index (χ3v) is 8.25. The number of amides is 1. The van der Waals surface area contributed by atoms with Crippen LogP contribution in [0, 0.1) is 0 Å². The van der Waals surface area contributed by atoms with Gasteiger partial charge in [0.05, 0.1) is 22.8 Å². The van der Waals surface area contributed by atoms with E-state index in [1.54, 1.807) is 54.3 Å². The predicted octanol–water partition coefficient (Wildman–Crippen LogP) is 5.40. The predicted molar refractivity (Wildman–Crippen MR) is 150 cm³/mol. The van der Waals surface area contributed by atoms with Crippen molar-refractivity contribution in [2.24, 2.45) is 0 Å². The molecule has 2 heterocycles. The van der Waals surface area contributed by atoms with Crippen LogP contribution in [0.1, 0.15) is 52.9 Å². The molecule has 1 atom stereocenters. The highest BCUT2D eigenvalue weighted by Crippen LogP contribution is 2.32. The van der Waals surface area contributed by atoms with Gasteiger partial charge in [0.2, 0.25) is 15.7 Å². The Morgan fingerprint density at radius 2 is 1.74 bits per heavy atom. The van der Waals surface area contributed by atoms with Crippen LogP contribution in [0.3, 0.4) is 0 Å². The van der Waals surface area contributed by atoms with Crippen LogP contribution in [0.4, 0.5) is 4.79 Å². The van der Waals surface area contributed by atoms with Crippen molar-refractivity contribution in [2.45, 2.75) is 82.4 Å². The minimum Gasteiger partial charge on any atom is -0.494 e. The highest BCUT2D eigenvalue weighted by atomic mass is 32.2. The first-order valence-electron chi connectivity index (χ1n) is 13.1. The Bertz CT molecular complexity index is 1600. The van der Waals surface area contributed by atoms with Crippen molar-refractivity contribution in [1.82, 2.24) is 19.7 Å². The van der Waals surface area contributed by atoms with Crippen molar-refractivity contribution >= 4 is 26.7 Å². The fourth-order valence-electron chi connectivity index (χ4n) is 4.63. The summed E-state index contributed by atoms with van der Waals surface area (Å²) in [6.45, 7) is 11.3. The van der Waals surface area contributed by atoms with Crippen LogP contribution in [0.2, 0.25) is 0 Å². The van der Waals surface area contributed by atoms with Crippen LogP contribution >= 0.6 is 0 Å². The van der Waals surface area contributed by atoms with Crippen LogP contribution in [0.15, 0.2) is 64.5 Å². The fourth-order valence-corrected chi connectivity index (χ4v) is 6.41. The summed E-state index contributed by atoms with van der Waals surface area (Å²) in [6, 6.07) is 13.6. The lowest BCUT2D eigenvalue weighted by Gasteiger charge is -2.22. The van der Waals surface area contributed by atoms with Gasteiger partial charge in [-0.2, -0.15) is 5.10 Å². The summed E-state index contributed by atoms with van der Waals surface area (Å²) < 4.78 is 36.4. The molecule has 0 fully saturated rings. The van der Waals surface area contributed by atoms with Crippen LogP contribution in [-0.2, 0) is 34.0 Å². The molecule has 4 rings (SSSR count). The number of hydrogen-bond acceptors (Lipinski definition) is 6. The molecule has 0 aliphatic heterocycles. The molecular formula is C29H36N4O5S. The number of sulfone groups is 1. The number of carbonyl (C=O) groups excluding carboxylic acids is 1. The molecular weight excluding hydrogens is 516 g/mol. The molecule has 39 heavy (non-hydrogen) atoms. The van der Waals surface area contributed by atoms with Crippen molar-refractivity contribution in [2.75, 3.05) is 0 Å². The highest BCUT2D eigenvalue weighted by Gasteiger charge is 2.30. The highest BCUT2D eigenvalue weighted by molar-refractivity contribution is 7.91. The summed E-state index contributed by atoms with van der Waals surface area (Å²) in [7, 11) is -3.89. The number of alkyl carbamates (subject to hydrolysis) is 1. The Morgan fingerprint density at radius 1 is 1.08 bits per heavy atom. The number of aryl methyl sites for hydroxylation is 1. The second-order valence-corrected chi connectivity index (χ2v) is 12.5. The van der Waals surface area contributed by atoms with Gasteiger partial charge in [0.25, 0.3) is 0 Å². The van der Waals surface area contributed by atoms with E-state index in [4.69, 9.17) is 4.74 Å². The molecule has 0 bridgehead atoms. The average Bonchev–Trinajstić information content (AvgIpc) is 3.40. The molecule has 0 aliphatic carbocycles. The number of carbonyl (C=O) groups is 1. The standard InChI is InChI=1S/C29H36N4O5S/c1-7-24-26(25(8-2)33(31-24)17-19(3)30-28(35)38-29(4,5)6)39(36,37)22-15-13-21(14-16-22)32-18-20-11-9-10-12-23(20)27(32)34/h9-16,18-19,34H,7-8,17H2,1-6H3,(H,30,35)/t19-/m0/s1. The SMILES string of the molecule is CCc1nn(C[C@H](C)NC(=O)OC(C)(C)C)c(CC)c1S(=O)(=O)c1ccc(-n2cc3ccccc3c2O)cc1. The quantitative estimate of drug-likeness (QED) is 0.302. The maximum absolute atomic E-state index is 13.9. The first kappa shape index (κ1) is 28.2. The number of rotatable bonds is 8. The van der Waals surface area contributed by atoms with E-state index in [1.165, 1.54) is 0 Å². The Hall–Kier alpha value is -3.79. The second-order valence-electron chi connectivity index (χ2n) is 10.6. The van der Waals surface area contributed by atoms with Gasteiger partial charge >= 0.3 is 6.09 Å². The average molecular weight is 553 g/mol. The summed E-state index contributed by atoms with van der Waals surface area (Å²) in [5.74, 6) is 0.0955. The molecule has 2 aromatic heterocycles. The number of benzene rings is 2. The topological polar surface area (TPSA) is 115 Å². The van der Waals surface area contributed by atoms with Gasteiger partial charge in [-0.15, -0.1) is 0 Å². The summed E-state index contributed by atoms with van der Waals surface area (Å²) in [5, 5.41) is 19.7. The molecule has 2 N–H and O–H groups in total. The third-order valence-electron chi connectivity index (χ3n) is 6.35. The van der Waals surface area contributed by atoms with E-state index in [-0.39, 0.29) is 21.7 Å². The van der Waals surface area contributed by atoms with E-state index in [0.717, 1.165) is 10.8 Å². The number of fused-ring (bicyclic) bond motifs is 1. The monoisotopic (exact) mass is 552 g/mol. The van der Waals surface area contributed by atoms with Crippen molar-refractivity contribution in [3.8, 4) is 11.6 Å². The molecule has 0 aliphatic rings. The molecule has 4 aromatic rings. The van der Waals surface area contributed by atoms with Gasteiger partial charge in [-0.05, 0) is 70.9 Å². The Kier molecular flexibility index (Phi) is 7.79. The zero-order valence-electron chi connectivity index (χ0n) is 23.2. The smallest absolute Gasteiger partial charge is 0.407 e. The summed E-state index contributed by atoms with van der Waals surface area (Å²) in [4.78, 5) is 12.6. The summed E-state index contributed by atoms with van der Waals surface area (Å²) in [5.41, 5.74) is 1.09. The van der Waals surface area contributed by atoms with Crippen LogP contribution in [0.5, 0.6) is 5.88 Å². The molecule has 2 aromatic carbocycles. The lowest BCUT2D eigenvalue weighted by Crippen LogP contribution is -2.40. The molecule has 208 valence electrons. The maximum atomic E-state index is 13.9. The molecule has 0 saturated carbocycles. The van der Waals surface area contributed by atoms with Crippen LogP contribution in [0.25, 0.3) is 16.5 Å². The van der Waals surface area contributed by atoms with E-state index >= 15 is 0 Å². The normalized spacial score (nSPS) is 13.0. The molecule has 1 amide bonds. The number of nitrogens with one attached hydrogen (secondary N) is 1. The van der Waals surface area contributed by atoms with Gasteiger partial charge in [0.1, 0.15) is 10.5 Å². The van der Waals surface area contributed by atoms with Crippen LogP contribution in [-0.4, -0.2) is 45.6 Å². The number of aromatic hydroxyl groups is 1. The third kappa shape index (κ3) is 5.80. The van der Waals surface area contributed by atoms with E-state index in [9.17, 15) is 18.3 Å². The van der Waals surface area contributed by atoms with E-state index in [0.29, 0.717) is 36.5 Å². The molecule has 0 spiro atoms. The van der Waals surface area contributed by atoms with Gasteiger partial charge in [0.15, 0.2) is 0 Å². The van der Waals surface area contributed by atoms with Gasteiger partial charge in [-0.1, -0.05) is 32.0 Å². The Morgan fingerprint density at radius 3 is 2.33 bits per heavy atom. The summed E-state index contributed by atoms with van der Waals surface area (Å²) in [6.07, 6.45) is 2.16. The largest absolute Gasteiger partial charge is 0.494 e. The molecule has 0 radical (unpaired) electrons. The zero-order chi connectivity index (χ0) is 28.5. The van der Waals surface area contributed by atoms with Gasteiger partial charge in [0, 0.05) is 28.7 Å². The van der Waals surface area contributed by atoms with E-state index in [2.05, 4.69) is 10.4 Å². The van der Waals surface area contributed by atoms with Crippen molar-refractivity contribution in [3.63, 3.8) is 0 Å². The molecule has 0 saturated heterocycles. The Labute approximate surface area is 229 Å². The fraction of sp³-hybridized carbons (Fsp3) is 0.379. The van der Waals surface area contributed by atoms with Crippen LogP contribution < -0.4 is 5.32 Å². The van der Waals surface area contributed by atoms with Gasteiger partial charge in [-0.25, -0.2) is 13.2 Å². The van der Waals surface area contributed by atoms with E-state index < -0.39 is 21.5 Å². The number of nitrogens with zero attached hydrogens (tertiary/aromatic N) is 3. The van der Waals surface area contributed by atoms with Crippen molar-refractivity contribution < 1.29 is 23.1 Å². The summed E-state index contributed by atoms with van der Waals surface area (Å²) >= 11 is 0. The lowest BCUT2D eigenvalue weighted by molar-refractivity contribution is 0.0503.